The van der Waals surface area contributed by atoms with Gasteiger partial charge in [0.05, 0.1) is 12.8 Å². The second-order valence-electron chi connectivity index (χ2n) is 8.45. The first-order valence-corrected chi connectivity index (χ1v) is 11.8. The van der Waals surface area contributed by atoms with Crippen LogP contribution in [0.25, 0.3) is 0 Å². The topological polar surface area (TPSA) is 89.5 Å². The van der Waals surface area contributed by atoms with Crippen LogP contribution in [0.2, 0.25) is 0 Å². The van der Waals surface area contributed by atoms with E-state index in [1.807, 2.05) is 36.4 Å². The van der Waals surface area contributed by atoms with E-state index in [0.29, 0.717) is 49.4 Å². The van der Waals surface area contributed by atoms with Gasteiger partial charge in [-0.2, -0.15) is 0 Å². The second-order valence-corrected chi connectivity index (χ2v) is 8.45. The van der Waals surface area contributed by atoms with Crippen molar-refractivity contribution in [2.75, 3.05) is 26.4 Å². The lowest BCUT2D eigenvalue weighted by Crippen LogP contribution is -2.16. The van der Waals surface area contributed by atoms with E-state index >= 15 is 0 Å². The average Bonchev–Trinajstić information content (AvgIpc) is 2.91. The predicted octanol–water partition coefficient (Wildman–Crippen LogP) is 3.80. The van der Waals surface area contributed by atoms with E-state index in [-0.39, 0.29) is 38.0 Å². The molecule has 8 nitrogen and oxygen atoms in total. The van der Waals surface area contributed by atoms with Crippen LogP contribution in [0.15, 0.2) is 60.7 Å². The van der Waals surface area contributed by atoms with Gasteiger partial charge in [0.25, 0.3) is 0 Å². The molecule has 2 aliphatic heterocycles. The summed E-state index contributed by atoms with van der Waals surface area (Å²) in [6.07, 6.45) is 0.294. The van der Waals surface area contributed by atoms with Crippen LogP contribution in [0.5, 0.6) is 23.0 Å². The lowest BCUT2D eigenvalue weighted by atomic mass is 10.1. The molecule has 0 saturated heterocycles. The molecule has 2 heterocycles. The Morgan fingerprint density at radius 2 is 0.889 bits per heavy atom. The zero-order valence-corrected chi connectivity index (χ0v) is 19.7. The number of carbonyl (C=O) groups is 2. The van der Waals surface area contributed by atoms with Gasteiger partial charge in [0.2, 0.25) is 0 Å². The van der Waals surface area contributed by atoms with Gasteiger partial charge >= 0.3 is 11.9 Å². The molecule has 186 valence electrons. The highest BCUT2D eigenvalue weighted by molar-refractivity contribution is 5.73. The number of hydrogen-bond acceptors (Lipinski definition) is 8. The van der Waals surface area contributed by atoms with Crippen molar-refractivity contribution in [3.8, 4) is 23.0 Å². The molecule has 0 aromatic heterocycles. The normalized spacial score (nSPS) is 13.6. The molecule has 0 spiro atoms. The average molecular weight is 491 g/mol. The molecule has 0 radical (unpaired) electrons. The number of fused-ring (bicyclic) bond motifs is 2. The van der Waals surface area contributed by atoms with Gasteiger partial charge in [-0.25, -0.2) is 0 Å². The molecule has 3 aromatic carbocycles. The van der Waals surface area contributed by atoms with Gasteiger partial charge in [-0.15, -0.1) is 0 Å². The summed E-state index contributed by atoms with van der Waals surface area (Å²) in [5.74, 6) is 2.01. The molecule has 0 amide bonds. The third kappa shape index (κ3) is 6.07. The fraction of sp³-hybridized carbons (Fsp3) is 0.286. The van der Waals surface area contributed by atoms with Crippen LogP contribution in [0.1, 0.15) is 22.3 Å². The van der Waals surface area contributed by atoms with E-state index in [4.69, 9.17) is 28.4 Å². The summed E-state index contributed by atoms with van der Waals surface area (Å²) in [5, 5.41) is 0. The summed E-state index contributed by atoms with van der Waals surface area (Å²) in [6.45, 7) is 2.36. The van der Waals surface area contributed by atoms with Gasteiger partial charge in [-0.3, -0.25) is 9.59 Å². The Hall–Kier alpha value is -4.20. The molecule has 36 heavy (non-hydrogen) atoms. The zero-order chi connectivity index (χ0) is 24.7. The number of carbonyl (C=O) groups excluding carboxylic acids is 2. The van der Waals surface area contributed by atoms with Gasteiger partial charge in [0, 0.05) is 0 Å². The summed E-state index contributed by atoms with van der Waals surface area (Å²) in [4.78, 5) is 24.5. The van der Waals surface area contributed by atoms with Crippen LogP contribution in [-0.4, -0.2) is 38.4 Å². The minimum absolute atomic E-state index is 0.147. The van der Waals surface area contributed by atoms with E-state index < -0.39 is 0 Å². The van der Waals surface area contributed by atoms with Crippen LogP contribution < -0.4 is 18.9 Å². The standard InChI is InChI=1S/C28H26O8/c29-27(15-21-5-7-23-25(13-21)33-11-9-31-23)35-17-19-1-2-20(4-3-19)18-36-28(30)16-22-6-8-24-26(14-22)34-12-10-32-24/h1-8,13-14H,9-12,15-18H2. The maximum Gasteiger partial charge on any atom is 0.310 e. The zero-order valence-electron chi connectivity index (χ0n) is 19.7. The number of esters is 2. The van der Waals surface area contributed by atoms with Crippen LogP contribution in [0.4, 0.5) is 0 Å². The number of ether oxygens (including phenoxy) is 6. The minimum Gasteiger partial charge on any atom is -0.486 e. The molecular weight excluding hydrogens is 464 g/mol. The Labute approximate surface area is 208 Å². The van der Waals surface area contributed by atoms with Gasteiger partial charge in [-0.05, 0) is 46.5 Å². The first-order chi connectivity index (χ1) is 17.6. The van der Waals surface area contributed by atoms with Gasteiger partial charge in [0.15, 0.2) is 23.0 Å². The number of benzene rings is 3. The molecule has 0 saturated carbocycles. The monoisotopic (exact) mass is 490 g/mol. The Bertz CT molecular complexity index is 1140. The molecule has 0 bridgehead atoms. The van der Waals surface area contributed by atoms with Gasteiger partial charge in [-0.1, -0.05) is 36.4 Å². The van der Waals surface area contributed by atoms with Crippen molar-refractivity contribution < 1.29 is 38.0 Å². The summed E-state index contributed by atoms with van der Waals surface area (Å²) in [7, 11) is 0. The maximum atomic E-state index is 12.3. The van der Waals surface area contributed by atoms with Crippen molar-refractivity contribution in [3.63, 3.8) is 0 Å². The quantitative estimate of drug-likeness (QED) is 0.441. The Morgan fingerprint density at radius 3 is 1.31 bits per heavy atom. The van der Waals surface area contributed by atoms with Crippen LogP contribution in [0, 0.1) is 0 Å². The number of hydrogen-bond donors (Lipinski definition) is 0. The molecule has 0 fully saturated rings. The molecule has 0 atom stereocenters. The first-order valence-electron chi connectivity index (χ1n) is 11.8. The van der Waals surface area contributed by atoms with E-state index in [1.165, 1.54) is 0 Å². The molecule has 2 aliphatic rings. The molecule has 0 unspecified atom stereocenters. The molecule has 0 N–H and O–H groups in total. The Balaban J connectivity index is 1.05. The summed E-state index contributed by atoms with van der Waals surface area (Å²) in [5.41, 5.74) is 3.30. The Morgan fingerprint density at radius 1 is 0.528 bits per heavy atom. The second kappa shape index (κ2) is 11.0. The van der Waals surface area contributed by atoms with E-state index in [1.54, 1.807) is 24.3 Å². The summed E-state index contributed by atoms with van der Waals surface area (Å²) < 4.78 is 32.9. The molecule has 0 aliphatic carbocycles. The first kappa shape index (κ1) is 23.5. The lowest BCUT2D eigenvalue weighted by molar-refractivity contribution is -0.145. The fourth-order valence-electron chi connectivity index (χ4n) is 3.89. The van der Waals surface area contributed by atoms with Crippen molar-refractivity contribution in [1.29, 1.82) is 0 Å². The highest BCUT2D eigenvalue weighted by Gasteiger charge is 2.15. The van der Waals surface area contributed by atoms with Gasteiger partial charge in [0.1, 0.15) is 39.6 Å². The predicted molar refractivity (Wildman–Crippen MR) is 128 cm³/mol. The van der Waals surface area contributed by atoms with E-state index in [9.17, 15) is 9.59 Å². The largest absolute Gasteiger partial charge is 0.486 e. The van der Waals surface area contributed by atoms with Crippen molar-refractivity contribution in [3.05, 3.63) is 82.9 Å². The minimum atomic E-state index is -0.330. The molecule has 8 heteroatoms. The molecular formula is C28H26O8. The lowest BCUT2D eigenvalue weighted by Gasteiger charge is -2.18. The van der Waals surface area contributed by atoms with Crippen molar-refractivity contribution in [1.82, 2.24) is 0 Å². The summed E-state index contributed by atoms with van der Waals surface area (Å²) >= 11 is 0. The SMILES string of the molecule is O=C(Cc1ccc2c(c1)OCCO2)OCc1ccc(COC(=O)Cc2ccc3c(c2)OCCO3)cc1. The highest BCUT2D eigenvalue weighted by atomic mass is 16.6. The van der Waals surface area contributed by atoms with Crippen molar-refractivity contribution in [2.45, 2.75) is 26.1 Å². The number of rotatable bonds is 8. The van der Waals surface area contributed by atoms with Crippen LogP contribution in [0.3, 0.4) is 0 Å². The third-order valence-electron chi connectivity index (χ3n) is 5.73. The molecule has 5 rings (SSSR count). The summed E-state index contributed by atoms with van der Waals surface area (Å²) in [6, 6.07) is 18.3. The highest BCUT2D eigenvalue weighted by Crippen LogP contribution is 2.32. The van der Waals surface area contributed by atoms with E-state index in [2.05, 4.69) is 0 Å². The maximum absolute atomic E-state index is 12.3. The van der Waals surface area contributed by atoms with Crippen molar-refractivity contribution in [2.24, 2.45) is 0 Å². The molecule has 3 aromatic rings. The Kier molecular flexibility index (Phi) is 7.21. The van der Waals surface area contributed by atoms with Gasteiger partial charge < -0.3 is 28.4 Å². The fourth-order valence-corrected chi connectivity index (χ4v) is 3.89. The third-order valence-corrected chi connectivity index (χ3v) is 5.73. The van der Waals surface area contributed by atoms with Crippen molar-refractivity contribution >= 4 is 11.9 Å². The van der Waals surface area contributed by atoms with E-state index in [0.717, 1.165) is 22.3 Å². The van der Waals surface area contributed by atoms with Crippen LogP contribution >= 0.6 is 0 Å². The smallest absolute Gasteiger partial charge is 0.310 e. The van der Waals surface area contributed by atoms with Crippen LogP contribution in [-0.2, 0) is 45.1 Å².